The predicted molar refractivity (Wildman–Crippen MR) is 93.6 cm³/mol. The van der Waals surface area contributed by atoms with E-state index in [2.05, 4.69) is 10.6 Å². The molecule has 0 fully saturated rings. The minimum Gasteiger partial charge on any atom is -0.489 e. The maximum Gasteiger partial charge on any atom is 0.407 e. The van der Waals surface area contributed by atoms with E-state index in [1.54, 1.807) is 26.8 Å². The lowest BCUT2D eigenvalue weighted by molar-refractivity contribution is 0.0526. The third-order valence-electron chi connectivity index (χ3n) is 3.14. The van der Waals surface area contributed by atoms with Crippen LogP contribution < -0.4 is 20.1 Å². The van der Waals surface area contributed by atoms with Gasteiger partial charge in [0.25, 0.3) is 5.91 Å². The van der Waals surface area contributed by atoms with E-state index in [0.29, 0.717) is 35.3 Å². The zero-order valence-electron chi connectivity index (χ0n) is 14.6. The molecule has 7 nitrogen and oxygen atoms in total. The van der Waals surface area contributed by atoms with Crippen LogP contribution in [0, 0.1) is 0 Å². The van der Waals surface area contributed by atoms with E-state index in [0.717, 1.165) is 6.42 Å². The highest BCUT2D eigenvalue weighted by atomic mass is 35.5. The third-order valence-corrected chi connectivity index (χ3v) is 3.42. The quantitative estimate of drug-likeness (QED) is 0.796. The highest BCUT2D eigenvalue weighted by Gasteiger charge is 2.19. The summed E-state index contributed by atoms with van der Waals surface area (Å²) >= 11 is 6.17. The summed E-state index contributed by atoms with van der Waals surface area (Å²) in [5.74, 6) is 0.605. The van der Waals surface area contributed by atoms with Gasteiger partial charge in [0.15, 0.2) is 11.5 Å². The van der Waals surface area contributed by atoms with Gasteiger partial charge < -0.3 is 24.8 Å². The summed E-state index contributed by atoms with van der Waals surface area (Å²) in [6.07, 6.45) is 0.225. The Hall–Kier alpha value is -2.15. The maximum absolute atomic E-state index is 12.2. The molecule has 25 heavy (non-hydrogen) atoms. The Morgan fingerprint density at radius 2 is 1.84 bits per heavy atom. The molecule has 1 aromatic rings. The summed E-state index contributed by atoms with van der Waals surface area (Å²) in [6.45, 7) is 6.87. The highest BCUT2D eigenvalue weighted by molar-refractivity contribution is 6.32. The van der Waals surface area contributed by atoms with Gasteiger partial charge in [-0.05, 0) is 32.9 Å². The lowest BCUT2D eigenvalue weighted by Gasteiger charge is -2.19. The fraction of sp³-hybridized carbons (Fsp3) is 0.529. The third kappa shape index (κ3) is 6.01. The first kappa shape index (κ1) is 19.2. The van der Waals surface area contributed by atoms with Gasteiger partial charge in [-0.15, -0.1) is 0 Å². The van der Waals surface area contributed by atoms with Crippen molar-refractivity contribution in [3.8, 4) is 11.5 Å². The number of halogens is 1. The Kier molecular flexibility index (Phi) is 6.36. The zero-order chi connectivity index (χ0) is 18.4. The minimum atomic E-state index is -0.562. The summed E-state index contributed by atoms with van der Waals surface area (Å²) in [5.41, 5.74) is -0.194. The normalized spacial score (nSPS) is 13.6. The lowest BCUT2D eigenvalue weighted by Crippen LogP contribution is -2.37. The number of benzene rings is 1. The van der Waals surface area contributed by atoms with Gasteiger partial charge in [0.05, 0.1) is 18.2 Å². The molecule has 0 aliphatic carbocycles. The lowest BCUT2D eigenvalue weighted by atomic mass is 10.2. The second-order valence-corrected chi connectivity index (χ2v) is 6.93. The smallest absolute Gasteiger partial charge is 0.407 e. The van der Waals surface area contributed by atoms with Gasteiger partial charge in [0.1, 0.15) is 5.60 Å². The molecule has 0 unspecified atom stereocenters. The van der Waals surface area contributed by atoms with Crippen molar-refractivity contribution in [3.63, 3.8) is 0 Å². The number of amides is 2. The molecule has 0 atom stereocenters. The molecule has 0 radical (unpaired) electrons. The molecule has 0 bridgehead atoms. The number of alkyl carbamates (subject to hydrolysis) is 1. The SMILES string of the molecule is CC(C)(C)OC(=O)NCCNC(=O)c1cc(Cl)c2c(c1)OCCCO2. The molecule has 1 aromatic carbocycles. The van der Waals surface area contributed by atoms with Crippen LogP contribution in [-0.4, -0.2) is 43.9 Å². The topological polar surface area (TPSA) is 85.9 Å². The number of carbonyl (C=O) groups excluding carboxylic acids is 2. The van der Waals surface area contributed by atoms with Crippen molar-refractivity contribution in [2.75, 3.05) is 26.3 Å². The van der Waals surface area contributed by atoms with Crippen molar-refractivity contribution in [2.45, 2.75) is 32.8 Å². The number of rotatable bonds is 4. The summed E-state index contributed by atoms with van der Waals surface area (Å²) < 4.78 is 16.2. The highest BCUT2D eigenvalue weighted by Crippen LogP contribution is 2.37. The van der Waals surface area contributed by atoms with E-state index in [1.165, 1.54) is 6.07 Å². The van der Waals surface area contributed by atoms with Gasteiger partial charge >= 0.3 is 6.09 Å². The van der Waals surface area contributed by atoms with Gasteiger partial charge in [0.2, 0.25) is 0 Å². The standard InChI is InChI=1S/C17H23ClN2O5/c1-17(2,3)25-16(22)20-6-5-19-15(21)11-9-12(18)14-13(10-11)23-7-4-8-24-14/h9-10H,4-8H2,1-3H3,(H,19,21)(H,20,22). The van der Waals surface area contributed by atoms with Crippen molar-refractivity contribution in [1.29, 1.82) is 0 Å². The number of fused-ring (bicyclic) bond motifs is 1. The molecule has 0 aromatic heterocycles. The molecule has 1 aliphatic rings. The predicted octanol–water partition coefficient (Wildman–Crippen LogP) is 2.76. The number of ether oxygens (including phenoxy) is 3. The van der Waals surface area contributed by atoms with Crippen LogP contribution in [0.15, 0.2) is 12.1 Å². The molecule has 0 saturated heterocycles. The summed E-state index contributed by atoms with van der Waals surface area (Å²) in [5, 5.41) is 5.60. The van der Waals surface area contributed by atoms with E-state index in [-0.39, 0.29) is 19.0 Å². The van der Waals surface area contributed by atoms with E-state index >= 15 is 0 Å². The Morgan fingerprint density at radius 1 is 1.16 bits per heavy atom. The molecule has 8 heteroatoms. The van der Waals surface area contributed by atoms with E-state index in [4.69, 9.17) is 25.8 Å². The molecule has 0 saturated carbocycles. The molecule has 138 valence electrons. The fourth-order valence-corrected chi connectivity index (χ4v) is 2.38. The van der Waals surface area contributed by atoms with Crippen LogP contribution in [0.5, 0.6) is 11.5 Å². The molecule has 2 N–H and O–H groups in total. The first-order valence-electron chi connectivity index (χ1n) is 8.10. The second-order valence-electron chi connectivity index (χ2n) is 6.52. The fourth-order valence-electron chi connectivity index (χ4n) is 2.12. The van der Waals surface area contributed by atoms with E-state index < -0.39 is 11.7 Å². The van der Waals surface area contributed by atoms with Crippen molar-refractivity contribution in [2.24, 2.45) is 0 Å². The summed E-state index contributed by atoms with van der Waals surface area (Å²) in [4.78, 5) is 23.7. The molecule has 0 spiro atoms. The van der Waals surface area contributed by atoms with Gasteiger partial charge in [-0.1, -0.05) is 11.6 Å². The molecule has 2 rings (SSSR count). The maximum atomic E-state index is 12.2. The molecular weight excluding hydrogens is 348 g/mol. The van der Waals surface area contributed by atoms with Crippen LogP contribution in [0.4, 0.5) is 4.79 Å². The molecule has 2 amide bonds. The minimum absolute atomic E-state index is 0.249. The van der Waals surface area contributed by atoms with Crippen LogP contribution in [0.3, 0.4) is 0 Å². The van der Waals surface area contributed by atoms with Gasteiger partial charge in [-0.25, -0.2) is 4.79 Å². The van der Waals surface area contributed by atoms with Gasteiger partial charge in [-0.2, -0.15) is 0 Å². The first-order valence-corrected chi connectivity index (χ1v) is 8.48. The Morgan fingerprint density at radius 3 is 2.56 bits per heavy atom. The van der Waals surface area contributed by atoms with Crippen LogP contribution in [-0.2, 0) is 4.74 Å². The summed E-state index contributed by atoms with van der Waals surface area (Å²) in [6, 6.07) is 3.13. The van der Waals surface area contributed by atoms with Crippen molar-refractivity contribution >= 4 is 23.6 Å². The number of carbonyl (C=O) groups is 2. The van der Waals surface area contributed by atoms with E-state index in [1.807, 2.05) is 0 Å². The average molecular weight is 371 g/mol. The Bertz CT molecular complexity index is 643. The summed E-state index contributed by atoms with van der Waals surface area (Å²) in [7, 11) is 0. The molecule has 1 heterocycles. The van der Waals surface area contributed by atoms with Crippen LogP contribution in [0.25, 0.3) is 0 Å². The van der Waals surface area contributed by atoms with Crippen LogP contribution in [0.1, 0.15) is 37.6 Å². The number of hydrogen-bond acceptors (Lipinski definition) is 5. The second kappa shape index (κ2) is 8.29. The van der Waals surface area contributed by atoms with Gasteiger partial charge in [-0.3, -0.25) is 4.79 Å². The average Bonchev–Trinajstić information content (AvgIpc) is 2.75. The first-order chi connectivity index (χ1) is 11.8. The van der Waals surface area contributed by atoms with Crippen LogP contribution >= 0.6 is 11.6 Å². The number of hydrogen-bond donors (Lipinski definition) is 2. The zero-order valence-corrected chi connectivity index (χ0v) is 15.4. The largest absolute Gasteiger partial charge is 0.489 e. The Balaban J connectivity index is 1.86. The Labute approximate surface area is 152 Å². The number of nitrogens with one attached hydrogen (secondary N) is 2. The molecule has 1 aliphatic heterocycles. The van der Waals surface area contributed by atoms with Crippen molar-refractivity contribution in [1.82, 2.24) is 10.6 Å². The van der Waals surface area contributed by atoms with E-state index in [9.17, 15) is 9.59 Å². The van der Waals surface area contributed by atoms with Crippen molar-refractivity contribution in [3.05, 3.63) is 22.7 Å². The van der Waals surface area contributed by atoms with Crippen molar-refractivity contribution < 1.29 is 23.8 Å². The van der Waals surface area contributed by atoms with Crippen LogP contribution in [0.2, 0.25) is 5.02 Å². The van der Waals surface area contributed by atoms with Gasteiger partial charge in [0, 0.05) is 25.1 Å². The molecular formula is C17H23ClN2O5. The monoisotopic (exact) mass is 370 g/mol.